The Morgan fingerprint density at radius 3 is 2.50 bits per heavy atom. The Morgan fingerprint density at radius 1 is 1.31 bits per heavy atom. The lowest BCUT2D eigenvalue weighted by Crippen LogP contribution is -2.33. The monoisotopic (exact) mass is 242 g/mol. The smallest absolute Gasteiger partial charge is 0.325 e. The van der Waals surface area contributed by atoms with Gasteiger partial charge < -0.3 is 15.4 Å². The van der Waals surface area contributed by atoms with E-state index in [4.69, 9.17) is 11.6 Å². The highest BCUT2D eigenvalue weighted by Gasteiger charge is 2.04. The van der Waals surface area contributed by atoms with Crippen molar-refractivity contribution < 1.29 is 14.3 Å². The second-order valence-electron chi connectivity index (χ2n) is 2.89. The van der Waals surface area contributed by atoms with E-state index in [9.17, 15) is 9.59 Å². The van der Waals surface area contributed by atoms with Gasteiger partial charge in [-0.3, -0.25) is 4.79 Å². The Kier molecular flexibility index (Phi) is 4.60. The van der Waals surface area contributed by atoms with Gasteiger partial charge in [-0.25, -0.2) is 4.79 Å². The van der Waals surface area contributed by atoms with E-state index in [0.717, 1.165) is 0 Å². The summed E-state index contributed by atoms with van der Waals surface area (Å²) in [5.41, 5.74) is 0.590. The average Bonchev–Trinajstić information content (AvgIpc) is 2.29. The molecule has 2 N–H and O–H groups in total. The maximum absolute atomic E-state index is 11.3. The van der Waals surface area contributed by atoms with Crippen molar-refractivity contribution in [3.05, 3.63) is 29.3 Å². The largest absolute Gasteiger partial charge is 0.468 e. The lowest BCUT2D eigenvalue weighted by Gasteiger charge is -2.06. The molecule has 0 spiro atoms. The summed E-state index contributed by atoms with van der Waals surface area (Å²) in [4.78, 5) is 22.0. The number of esters is 1. The van der Waals surface area contributed by atoms with E-state index in [1.807, 2.05) is 0 Å². The Bertz CT molecular complexity index is 378. The van der Waals surface area contributed by atoms with Crippen molar-refractivity contribution >= 4 is 29.3 Å². The molecule has 0 saturated heterocycles. The van der Waals surface area contributed by atoms with Gasteiger partial charge in [0.25, 0.3) is 0 Å². The van der Waals surface area contributed by atoms with E-state index in [1.54, 1.807) is 24.3 Å². The maximum Gasteiger partial charge on any atom is 0.325 e. The number of amides is 2. The van der Waals surface area contributed by atoms with Crippen LogP contribution in [0.1, 0.15) is 0 Å². The minimum absolute atomic E-state index is 0.171. The van der Waals surface area contributed by atoms with E-state index in [0.29, 0.717) is 10.7 Å². The van der Waals surface area contributed by atoms with Crippen molar-refractivity contribution in [2.24, 2.45) is 0 Å². The Balaban J connectivity index is 2.40. The number of rotatable bonds is 3. The molecule has 0 fully saturated rings. The highest BCUT2D eigenvalue weighted by atomic mass is 35.5. The fraction of sp³-hybridized carbons (Fsp3) is 0.200. The van der Waals surface area contributed by atoms with Gasteiger partial charge >= 0.3 is 12.0 Å². The summed E-state index contributed by atoms with van der Waals surface area (Å²) in [6.07, 6.45) is 0. The van der Waals surface area contributed by atoms with Crippen LogP contribution in [0.5, 0.6) is 0 Å². The summed E-state index contributed by atoms with van der Waals surface area (Å²) in [6, 6.07) is 6.13. The summed E-state index contributed by atoms with van der Waals surface area (Å²) in [6.45, 7) is -0.171. The lowest BCUT2D eigenvalue weighted by atomic mass is 10.3. The summed E-state index contributed by atoms with van der Waals surface area (Å²) in [7, 11) is 1.25. The zero-order valence-electron chi connectivity index (χ0n) is 8.62. The molecule has 0 aromatic heterocycles. The molecule has 0 radical (unpaired) electrons. The Labute approximate surface area is 97.7 Å². The molecule has 1 rings (SSSR count). The molecule has 0 aliphatic carbocycles. The molecule has 0 heterocycles. The summed E-state index contributed by atoms with van der Waals surface area (Å²) >= 11 is 5.68. The predicted molar refractivity (Wildman–Crippen MR) is 60.5 cm³/mol. The molecule has 1 aromatic carbocycles. The quantitative estimate of drug-likeness (QED) is 0.792. The predicted octanol–water partition coefficient (Wildman–Crippen LogP) is 1.63. The van der Waals surface area contributed by atoms with Gasteiger partial charge in [0.15, 0.2) is 0 Å². The topological polar surface area (TPSA) is 67.4 Å². The minimum atomic E-state index is -0.508. The normalized spacial score (nSPS) is 9.38. The second-order valence-corrected chi connectivity index (χ2v) is 3.33. The van der Waals surface area contributed by atoms with Crippen molar-refractivity contribution in [2.45, 2.75) is 0 Å². The van der Waals surface area contributed by atoms with Crippen LogP contribution in [0.25, 0.3) is 0 Å². The highest BCUT2D eigenvalue weighted by molar-refractivity contribution is 6.30. The molecule has 0 saturated carbocycles. The molecule has 0 bridgehead atoms. The number of hydrogen-bond donors (Lipinski definition) is 2. The van der Waals surface area contributed by atoms with Crippen LogP contribution in [0, 0.1) is 0 Å². The Morgan fingerprint density at radius 2 is 1.94 bits per heavy atom. The van der Waals surface area contributed by atoms with Crippen LogP contribution >= 0.6 is 11.6 Å². The number of methoxy groups -OCH3 is 1. The summed E-state index contributed by atoms with van der Waals surface area (Å²) in [5.74, 6) is -0.508. The SMILES string of the molecule is COC(=O)CNC(=O)Nc1ccc(Cl)cc1. The first-order valence-corrected chi connectivity index (χ1v) is 4.87. The highest BCUT2D eigenvalue weighted by Crippen LogP contribution is 2.12. The number of halogens is 1. The summed E-state index contributed by atoms with van der Waals surface area (Å²) in [5, 5.41) is 5.45. The van der Waals surface area contributed by atoms with Crippen LogP contribution in [-0.2, 0) is 9.53 Å². The number of urea groups is 1. The van der Waals surface area contributed by atoms with Crippen molar-refractivity contribution in [3.63, 3.8) is 0 Å². The standard InChI is InChI=1S/C10H11ClN2O3/c1-16-9(14)6-12-10(15)13-8-4-2-7(11)3-5-8/h2-5H,6H2,1H3,(H2,12,13,15). The molecular weight excluding hydrogens is 232 g/mol. The van der Waals surface area contributed by atoms with Gasteiger partial charge in [-0.2, -0.15) is 0 Å². The second kappa shape index (κ2) is 5.97. The van der Waals surface area contributed by atoms with Crippen LogP contribution in [0.4, 0.5) is 10.5 Å². The number of carbonyl (C=O) groups excluding carboxylic acids is 2. The van der Waals surface area contributed by atoms with Gasteiger partial charge in [0.2, 0.25) is 0 Å². The minimum Gasteiger partial charge on any atom is -0.468 e. The van der Waals surface area contributed by atoms with Gasteiger partial charge in [0, 0.05) is 10.7 Å². The fourth-order valence-electron chi connectivity index (χ4n) is 0.933. The van der Waals surface area contributed by atoms with Crippen LogP contribution < -0.4 is 10.6 Å². The molecule has 0 atom stereocenters. The first-order chi connectivity index (χ1) is 7.61. The van der Waals surface area contributed by atoms with E-state index < -0.39 is 12.0 Å². The van der Waals surface area contributed by atoms with Crippen molar-refractivity contribution in [3.8, 4) is 0 Å². The molecule has 0 aliphatic rings. The van der Waals surface area contributed by atoms with E-state index in [-0.39, 0.29) is 6.54 Å². The number of anilines is 1. The maximum atomic E-state index is 11.3. The third kappa shape index (κ3) is 4.18. The molecule has 86 valence electrons. The van der Waals surface area contributed by atoms with Gasteiger partial charge in [-0.05, 0) is 24.3 Å². The molecule has 0 aliphatic heterocycles. The summed E-state index contributed by atoms with van der Waals surface area (Å²) < 4.78 is 4.37. The number of ether oxygens (including phenoxy) is 1. The van der Waals surface area contributed by atoms with Crippen LogP contribution in [0.2, 0.25) is 5.02 Å². The zero-order chi connectivity index (χ0) is 12.0. The molecule has 1 aromatic rings. The third-order valence-electron chi connectivity index (χ3n) is 1.72. The molecule has 2 amide bonds. The van der Waals surface area contributed by atoms with Gasteiger partial charge in [-0.1, -0.05) is 11.6 Å². The first kappa shape index (κ1) is 12.3. The van der Waals surface area contributed by atoms with Gasteiger partial charge in [-0.15, -0.1) is 0 Å². The number of hydrogen-bond acceptors (Lipinski definition) is 3. The fourth-order valence-corrected chi connectivity index (χ4v) is 1.06. The van der Waals surface area contributed by atoms with Crippen molar-refractivity contribution in [2.75, 3.05) is 19.0 Å². The lowest BCUT2D eigenvalue weighted by molar-refractivity contribution is -0.139. The van der Waals surface area contributed by atoms with Gasteiger partial charge in [0.1, 0.15) is 6.54 Å². The number of carbonyl (C=O) groups is 2. The first-order valence-electron chi connectivity index (χ1n) is 4.49. The van der Waals surface area contributed by atoms with Crippen LogP contribution in [0.3, 0.4) is 0 Å². The van der Waals surface area contributed by atoms with Gasteiger partial charge in [0.05, 0.1) is 7.11 Å². The third-order valence-corrected chi connectivity index (χ3v) is 1.98. The van der Waals surface area contributed by atoms with Crippen LogP contribution in [-0.4, -0.2) is 25.7 Å². The van der Waals surface area contributed by atoms with E-state index >= 15 is 0 Å². The van der Waals surface area contributed by atoms with Crippen LogP contribution in [0.15, 0.2) is 24.3 Å². The van der Waals surface area contributed by atoms with E-state index in [1.165, 1.54) is 7.11 Å². The Hall–Kier alpha value is -1.75. The van der Waals surface area contributed by atoms with E-state index in [2.05, 4.69) is 15.4 Å². The van der Waals surface area contributed by atoms with Crippen molar-refractivity contribution in [1.82, 2.24) is 5.32 Å². The average molecular weight is 243 g/mol. The molecule has 0 unspecified atom stereocenters. The number of benzene rings is 1. The molecule has 5 nitrogen and oxygen atoms in total. The zero-order valence-corrected chi connectivity index (χ0v) is 9.38. The molecule has 16 heavy (non-hydrogen) atoms. The molecular formula is C10H11ClN2O3. The number of nitrogens with one attached hydrogen (secondary N) is 2. The van der Waals surface area contributed by atoms with Crippen molar-refractivity contribution in [1.29, 1.82) is 0 Å². The molecule has 6 heteroatoms.